The maximum absolute atomic E-state index is 11.5. The summed E-state index contributed by atoms with van der Waals surface area (Å²) in [6.45, 7) is 5.75. The largest absolute Gasteiger partial charge is 0.325 e. The summed E-state index contributed by atoms with van der Waals surface area (Å²) in [6, 6.07) is 4.74. The molecule has 0 atom stereocenters. The highest BCUT2D eigenvalue weighted by molar-refractivity contribution is 5.92. The number of aryl methyl sites for hydroxylation is 1. The summed E-state index contributed by atoms with van der Waals surface area (Å²) >= 11 is 0. The molecule has 2 N–H and O–H groups in total. The van der Waals surface area contributed by atoms with Crippen LogP contribution in [0.5, 0.6) is 0 Å². The Morgan fingerprint density at radius 1 is 1.44 bits per heavy atom. The van der Waals surface area contributed by atoms with E-state index in [1.807, 2.05) is 13.8 Å². The molecule has 0 heterocycles. The number of carbonyl (C=O) groups excluding carboxylic acids is 1. The molecule has 18 heavy (non-hydrogen) atoms. The molecule has 6 heteroatoms. The summed E-state index contributed by atoms with van der Waals surface area (Å²) in [5, 5.41) is 16.3. The van der Waals surface area contributed by atoms with Crippen LogP contribution in [0.15, 0.2) is 18.2 Å². The van der Waals surface area contributed by atoms with Crippen LogP contribution < -0.4 is 10.6 Å². The van der Waals surface area contributed by atoms with Crippen LogP contribution in [0.1, 0.15) is 19.4 Å². The number of nitrogens with one attached hydrogen (secondary N) is 2. The molecule has 0 spiro atoms. The van der Waals surface area contributed by atoms with Gasteiger partial charge in [0.05, 0.1) is 11.5 Å². The van der Waals surface area contributed by atoms with Crippen LogP contribution in [0.4, 0.5) is 11.4 Å². The molecule has 6 nitrogen and oxygen atoms in total. The van der Waals surface area contributed by atoms with Crippen molar-refractivity contribution in [1.29, 1.82) is 0 Å². The van der Waals surface area contributed by atoms with Crippen molar-refractivity contribution < 1.29 is 9.72 Å². The standard InChI is InChI=1S/C12H17N3O3/c1-8(2)13-7-12(16)14-10-4-5-11(15(17)18)9(3)6-10/h4-6,8,13H,7H2,1-3H3,(H,14,16). The second-order valence-electron chi connectivity index (χ2n) is 4.34. The lowest BCUT2D eigenvalue weighted by atomic mass is 10.2. The Bertz CT molecular complexity index is 458. The Morgan fingerprint density at radius 3 is 2.61 bits per heavy atom. The number of benzene rings is 1. The Morgan fingerprint density at radius 2 is 2.11 bits per heavy atom. The smallest absolute Gasteiger partial charge is 0.272 e. The Labute approximate surface area is 106 Å². The van der Waals surface area contributed by atoms with Crippen molar-refractivity contribution in [3.05, 3.63) is 33.9 Å². The van der Waals surface area contributed by atoms with Crippen LogP contribution >= 0.6 is 0 Å². The lowest BCUT2D eigenvalue weighted by Crippen LogP contribution is -2.32. The maximum Gasteiger partial charge on any atom is 0.272 e. The van der Waals surface area contributed by atoms with E-state index in [9.17, 15) is 14.9 Å². The molecule has 0 aliphatic heterocycles. The molecule has 1 aromatic rings. The number of hydrogen-bond acceptors (Lipinski definition) is 4. The number of carbonyl (C=O) groups is 1. The number of amides is 1. The molecule has 0 radical (unpaired) electrons. The van der Waals surface area contributed by atoms with Gasteiger partial charge in [0, 0.05) is 23.4 Å². The van der Waals surface area contributed by atoms with Crippen molar-refractivity contribution in [2.24, 2.45) is 0 Å². The topological polar surface area (TPSA) is 84.3 Å². The van der Waals surface area contributed by atoms with Gasteiger partial charge in [-0.25, -0.2) is 0 Å². The second-order valence-corrected chi connectivity index (χ2v) is 4.34. The van der Waals surface area contributed by atoms with Crippen LogP contribution in [0.25, 0.3) is 0 Å². The first-order chi connectivity index (χ1) is 8.40. The van der Waals surface area contributed by atoms with E-state index in [1.54, 1.807) is 13.0 Å². The van der Waals surface area contributed by atoms with Crippen LogP contribution in [-0.4, -0.2) is 23.4 Å². The SMILES string of the molecule is Cc1cc(NC(=O)CNC(C)C)ccc1[N+](=O)[O-]. The first kappa shape index (κ1) is 14.1. The quantitative estimate of drug-likeness (QED) is 0.617. The summed E-state index contributed by atoms with van der Waals surface area (Å²) in [6.07, 6.45) is 0. The number of hydrogen-bond donors (Lipinski definition) is 2. The van der Waals surface area contributed by atoms with Crippen LogP contribution in [-0.2, 0) is 4.79 Å². The summed E-state index contributed by atoms with van der Waals surface area (Å²) in [4.78, 5) is 21.7. The van der Waals surface area contributed by atoms with Crippen molar-refractivity contribution >= 4 is 17.3 Å². The molecular formula is C12H17N3O3. The van der Waals surface area contributed by atoms with Crippen molar-refractivity contribution in [3.63, 3.8) is 0 Å². The molecule has 0 aliphatic carbocycles. The third-order valence-corrected chi connectivity index (χ3v) is 2.35. The molecule has 1 amide bonds. The normalized spacial score (nSPS) is 10.4. The van der Waals surface area contributed by atoms with Gasteiger partial charge in [-0.1, -0.05) is 13.8 Å². The lowest BCUT2D eigenvalue weighted by Gasteiger charge is -2.09. The number of nitro benzene ring substituents is 1. The van der Waals surface area contributed by atoms with E-state index in [1.165, 1.54) is 12.1 Å². The Hall–Kier alpha value is -1.95. The molecule has 0 fully saturated rings. The van der Waals surface area contributed by atoms with Gasteiger partial charge in [-0.2, -0.15) is 0 Å². The zero-order chi connectivity index (χ0) is 13.7. The van der Waals surface area contributed by atoms with Gasteiger partial charge >= 0.3 is 0 Å². The van der Waals surface area contributed by atoms with E-state index >= 15 is 0 Å². The van der Waals surface area contributed by atoms with E-state index in [4.69, 9.17) is 0 Å². The fraction of sp³-hybridized carbons (Fsp3) is 0.417. The van der Waals surface area contributed by atoms with Gasteiger partial charge in [-0.05, 0) is 19.1 Å². The number of nitrogens with zero attached hydrogens (tertiary/aromatic N) is 1. The average Bonchev–Trinajstić information content (AvgIpc) is 2.26. The summed E-state index contributed by atoms with van der Waals surface area (Å²) in [7, 11) is 0. The molecule has 0 saturated heterocycles. The Balaban J connectivity index is 2.66. The van der Waals surface area contributed by atoms with Crippen LogP contribution in [0.3, 0.4) is 0 Å². The molecule has 0 saturated carbocycles. The first-order valence-corrected chi connectivity index (χ1v) is 5.68. The zero-order valence-electron chi connectivity index (χ0n) is 10.7. The van der Waals surface area contributed by atoms with Crippen molar-refractivity contribution in [2.45, 2.75) is 26.8 Å². The first-order valence-electron chi connectivity index (χ1n) is 5.68. The van der Waals surface area contributed by atoms with Gasteiger partial charge in [0.1, 0.15) is 0 Å². The highest BCUT2D eigenvalue weighted by atomic mass is 16.6. The minimum Gasteiger partial charge on any atom is -0.325 e. The monoisotopic (exact) mass is 251 g/mol. The number of anilines is 1. The average molecular weight is 251 g/mol. The highest BCUT2D eigenvalue weighted by Crippen LogP contribution is 2.21. The van der Waals surface area contributed by atoms with Gasteiger partial charge in [-0.15, -0.1) is 0 Å². The summed E-state index contributed by atoms with van der Waals surface area (Å²) in [5.74, 6) is -0.169. The van der Waals surface area contributed by atoms with Gasteiger partial charge in [0.25, 0.3) is 5.69 Å². The van der Waals surface area contributed by atoms with Gasteiger partial charge in [0.2, 0.25) is 5.91 Å². The van der Waals surface area contributed by atoms with Gasteiger partial charge in [0.15, 0.2) is 0 Å². The molecular weight excluding hydrogens is 234 g/mol. The fourth-order valence-corrected chi connectivity index (χ4v) is 1.44. The molecule has 98 valence electrons. The molecule has 1 aromatic carbocycles. The Kier molecular flexibility index (Phi) is 4.79. The van der Waals surface area contributed by atoms with E-state index in [-0.39, 0.29) is 24.2 Å². The summed E-state index contributed by atoms with van der Waals surface area (Å²) in [5.41, 5.74) is 1.14. The van der Waals surface area contributed by atoms with E-state index in [2.05, 4.69) is 10.6 Å². The van der Waals surface area contributed by atoms with Crippen LogP contribution in [0, 0.1) is 17.0 Å². The highest BCUT2D eigenvalue weighted by Gasteiger charge is 2.11. The third-order valence-electron chi connectivity index (χ3n) is 2.35. The lowest BCUT2D eigenvalue weighted by molar-refractivity contribution is -0.385. The molecule has 0 unspecified atom stereocenters. The van der Waals surface area contributed by atoms with Crippen molar-refractivity contribution in [3.8, 4) is 0 Å². The maximum atomic E-state index is 11.5. The van der Waals surface area contributed by atoms with Gasteiger partial charge in [-0.3, -0.25) is 14.9 Å². The van der Waals surface area contributed by atoms with E-state index < -0.39 is 4.92 Å². The molecule has 0 aliphatic rings. The predicted octanol–water partition coefficient (Wildman–Crippen LogP) is 1.84. The molecule has 0 bridgehead atoms. The van der Waals surface area contributed by atoms with Crippen molar-refractivity contribution in [1.82, 2.24) is 5.32 Å². The van der Waals surface area contributed by atoms with E-state index in [0.717, 1.165) is 0 Å². The second kappa shape index (κ2) is 6.11. The minimum atomic E-state index is -0.443. The zero-order valence-corrected chi connectivity index (χ0v) is 10.7. The number of rotatable bonds is 5. The van der Waals surface area contributed by atoms with Crippen LogP contribution in [0.2, 0.25) is 0 Å². The molecule has 1 rings (SSSR count). The fourth-order valence-electron chi connectivity index (χ4n) is 1.44. The van der Waals surface area contributed by atoms with E-state index in [0.29, 0.717) is 11.3 Å². The van der Waals surface area contributed by atoms with Gasteiger partial charge < -0.3 is 10.6 Å². The third kappa shape index (κ3) is 4.14. The minimum absolute atomic E-state index is 0.0494. The summed E-state index contributed by atoms with van der Waals surface area (Å²) < 4.78 is 0. The number of nitro groups is 1. The van der Waals surface area contributed by atoms with Crippen molar-refractivity contribution in [2.75, 3.05) is 11.9 Å². The molecule has 0 aromatic heterocycles. The predicted molar refractivity (Wildman–Crippen MR) is 69.6 cm³/mol.